The lowest BCUT2D eigenvalue weighted by Crippen LogP contribution is -2.41. The largest absolute Gasteiger partial charge is 0.466 e. The molecule has 18 heteroatoms. The summed E-state index contributed by atoms with van der Waals surface area (Å²) in [6.07, 6.45) is 13.7. The number of carbonyl (C=O) groups excluding carboxylic acids is 8. The van der Waals surface area contributed by atoms with Crippen molar-refractivity contribution in [2.24, 2.45) is 0 Å². The summed E-state index contributed by atoms with van der Waals surface area (Å²) in [4.78, 5) is 100. The van der Waals surface area contributed by atoms with Crippen molar-refractivity contribution < 1.29 is 77.0 Å². The highest BCUT2D eigenvalue weighted by atomic mass is 16.6. The van der Waals surface area contributed by atoms with Crippen molar-refractivity contribution in [1.29, 1.82) is 0 Å². The fourth-order valence-corrected chi connectivity index (χ4v) is 7.03. The molecule has 60 heavy (non-hydrogen) atoms. The maximum atomic E-state index is 12.9. The molecule has 2 heterocycles. The van der Waals surface area contributed by atoms with Crippen LogP contribution in [-0.4, -0.2) is 133 Å². The van der Waals surface area contributed by atoms with E-state index in [0.29, 0.717) is 64.5 Å². The zero-order valence-corrected chi connectivity index (χ0v) is 35.3. The SMILES string of the molecule is O=C(CCC(=O)OCCCCCCOC(=O)C1CCCN1C(=O)CCCCCCCCC(=O)N1CCCC1C(=O)OCCCCCCOC(=O)CCC(=O)OCO)OCO. The number of aliphatic hydroxyl groups excluding tert-OH is 2. The Hall–Kier alpha value is -4.32. The summed E-state index contributed by atoms with van der Waals surface area (Å²) in [7, 11) is 0. The first-order valence-corrected chi connectivity index (χ1v) is 21.8. The molecule has 2 unspecified atom stereocenters. The van der Waals surface area contributed by atoms with Gasteiger partial charge in [0.05, 0.1) is 52.1 Å². The van der Waals surface area contributed by atoms with Gasteiger partial charge in [0.25, 0.3) is 0 Å². The highest BCUT2D eigenvalue weighted by molar-refractivity contribution is 5.86. The Labute approximate surface area is 353 Å². The molecule has 2 aliphatic rings. The number of rotatable bonds is 33. The number of carbonyl (C=O) groups is 8. The number of unbranched alkanes of at least 4 members (excludes halogenated alkanes) is 11. The van der Waals surface area contributed by atoms with Crippen molar-refractivity contribution in [3.8, 4) is 0 Å². The molecule has 2 fully saturated rings. The van der Waals surface area contributed by atoms with E-state index in [2.05, 4.69) is 9.47 Å². The lowest BCUT2D eigenvalue weighted by Gasteiger charge is -2.23. The van der Waals surface area contributed by atoms with Crippen molar-refractivity contribution in [3.63, 3.8) is 0 Å². The number of likely N-dealkylation sites (tertiary alicyclic amines) is 2. The standard InChI is InChI=1S/C42H68N2O16/c45-31-59-39(51)23-21-37(49)55-27-11-5-7-13-29-57-41(53)33-17-15-25-43(33)35(47)19-9-3-1-2-4-10-20-36(48)44-26-16-18-34(44)42(54)58-30-14-8-6-12-28-56-38(50)22-24-40(52)60-32-46/h33-34,45-46H,1-32H2. The first-order chi connectivity index (χ1) is 29.1. The third-order valence-electron chi connectivity index (χ3n) is 10.3. The summed E-state index contributed by atoms with van der Waals surface area (Å²) in [6, 6.07) is -1.09. The average Bonchev–Trinajstić information content (AvgIpc) is 3.94. The molecule has 2 amide bonds. The van der Waals surface area contributed by atoms with Crippen LogP contribution in [0.2, 0.25) is 0 Å². The molecule has 0 bridgehead atoms. The average molecular weight is 857 g/mol. The van der Waals surface area contributed by atoms with Crippen LogP contribution < -0.4 is 0 Å². The minimum atomic E-state index is -0.721. The zero-order valence-electron chi connectivity index (χ0n) is 35.3. The molecule has 0 aromatic carbocycles. The zero-order chi connectivity index (χ0) is 43.8. The number of ether oxygens (including phenoxy) is 6. The van der Waals surface area contributed by atoms with E-state index in [0.717, 1.165) is 77.0 Å². The molecule has 2 aliphatic heterocycles. The number of hydrogen-bond donors (Lipinski definition) is 2. The van der Waals surface area contributed by atoms with Crippen molar-refractivity contribution in [1.82, 2.24) is 9.80 Å². The second-order valence-electron chi connectivity index (χ2n) is 15.0. The van der Waals surface area contributed by atoms with Gasteiger partial charge in [-0.25, -0.2) is 9.59 Å². The van der Waals surface area contributed by atoms with E-state index in [1.165, 1.54) is 0 Å². The van der Waals surface area contributed by atoms with Crippen LogP contribution in [0.5, 0.6) is 0 Å². The van der Waals surface area contributed by atoms with E-state index in [-0.39, 0.29) is 75.9 Å². The van der Waals surface area contributed by atoms with Gasteiger partial charge in [0.2, 0.25) is 11.8 Å². The van der Waals surface area contributed by atoms with Crippen LogP contribution >= 0.6 is 0 Å². The maximum Gasteiger partial charge on any atom is 0.328 e. The molecular formula is C42H68N2O16. The van der Waals surface area contributed by atoms with Gasteiger partial charge in [0, 0.05) is 25.9 Å². The second kappa shape index (κ2) is 32.5. The van der Waals surface area contributed by atoms with Gasteiger partial charge in [-0.1, -0.05) is 25.7 Å². The van der Waals surface area contributed by atoms with E-state index in [1.807, 2.05) is 0 Å². The normalized spacial score (nSPS) is 16.0. The Morgan fingerprint density at radius 1 is 0.383 bits per heavy atom. The summed E-state index contributed by atoms with van der Waals surface area (Å²) in [5, 5.41) is 17.0. The van der Waals surface area contributed by atoms with Gasteiger partial charge in [0.15, 0.2) is 13.6 Å². The predicted octanol–water partition coefficient (Wildman–Crippen LogP) is 3.93. The van der Waals surface area contributed by atoms with Gasteiger partial charge in [0.1, 0.15) is 12.1 Å². The summed E-state index contributed by atoms with van der Waals surface area (Å²) in [5.74, 6) is -3.16. The van der Waals surface area contributed by atoms with Crippen LogP contribution in [0.3, 0.4) is 0 Å². The second-order valence-corrected chi connectivity index (χ2v) is 15.0. The maximum absolute atomic E-state index is 12.9. The van der Waals surface area contributed by atoms with E-state index in [9.17, 15) is 38.4 Å². The molecule has 0 spiro atoms. The fourth-order valence-electron chi connectivity index (χ4n) is 7.03. The summed E-state index contributed by atoms with van der Waals surface area (Å²) >= 11 is 0. The van der Waals surface area contributed by atoms with Crippen molar-refractivity contribution in [2.75, 3.05) is 53.1 Å². The van der Waals surface area contributed by atoms with Gasteiger partial charge in [-0.2, -0.15) is 0 Å². The molecule has 18 nitrogen and oxygen atoms in total. The summed E-state index contributed by atoms with van der Waals surface area (Å²) in [6.45, 7) is 0.615. The Morgan fingerprint density at radius 3 is 1.03 bits per heavy atom. The first kappa shape index (κ1) is 51.8. The molecule has 0 aromatic heterocycles. The molecule has 0 aliphatic carbocycles. The Balaban J connectivity index is 1.46. The lowest BCUT2D eigenvalue weighted by atomic mass is 10.1. The van der Waals surface area contributed by atoms with Gasteiger partial charge >= 0.3 is 35.8 Å². The van der Waals surface area contributed by atoms with Gasteiger partial charge < -0.3 is 48.4 Å². The van der Waals surface area contributed by atoms with E-state index < -0.39 is 49.5 Å². The van der Waals surface area contributed by atoms with E-state index in [4.69, 9.17) is 29.2 Å². The van der Waals surface area contributed by atoms with Crippen LogP contribution in [0, 0.1) is 0 Å². The van der Waals surface area contributed by atoms with Crippen molar-refractivity contribution in [3.05, 3.63) is 0 Å². The summed E-state index contributed by atoms with van der Waals surface area (Å²) in [5.41, 5.74) is 0. The third kappa shape index (κ3) is 22.9. The van der Waals surface area contributed by atoms with Gasteiger partial charge in [-0.3, -0.25) is 28.8 Å². The Bertz CT molecular complexity index is 1230. The molecule has 0 aromatic rings. The van der Waals surface area contributed by atoms with E-state index in [1.54, 1.807) is 9.80 Å². The monoisotopic (exact) mass is 856 g/mol. The van der Waals surface area contributed by atoms with Crippen LogP contribution in [0.4, 0.5) is 0 Å². The summed E-state index contributed by atoms with van der Waals surface area (Å²) < 4.78 is 29.8. The number of hydrogen-bond acceptors (Lipinski definition) is 16. The minimum Gasteiger partial charge on any atom is -0.466 e. The fraction of sp³-hybridized carbons (Fsp3) is 0.810. The first-order valence-electron chi connectivity index (χ1n) is 21.8. The predicted molar refractivity (Wildman–Crippen MR) is 212 cm³/mol. The van der Waals surface area contributed by atoms with Crippen LogP contribution in [0.1, 0.15) is 154 Å². The molecule has 0 radical (unpaired) electrons. The van der Waals surface area contributed by atoms with E-state index >= 15 is 0 Å². The van der Waals surface area contributed by atoms with Crippen molar-refractivity contribution in [2.45, 2.75) is 166 Å². The van der Waals surface area contributed by atoms with Gasteiger partial charge in [-0.05, 0) is 89.9 Å². The smallest absolute Gasteiger partial charge is 0.328 e. The highest BCUT2D eigenvalue weighted by Crippen LogP contribution is 2.23. The van der Waals surface area contributed by atoms with Crippen molar-refractivity contribution >= 4 is 47.6 Å². The molecule has 2 N–H and O–H groups in total. The van der Waals surface area contributed by atoms with Crippen LogP contribution in [0.25, 0.3) is 0 Å². The number of aliphatic hydroxyl groups is 2. The Kier molecular flexibility index (Phi) is 28.0. The van der Waals surface area contributed by atoms with Crippen LogP contribution in [0.15, 0.2) is 0 Å². The number of esters is 6. The quantitative estimate of drug-likeness (QED) is 0.0411. The topological polar surface area (TPSA) is 239 Å². The lowest BCUT2D eigenvalue weighted by molar-refractivity contribution is -0.155. The molecule has 2 rings (SSSR count). The molecule has 2 saturated heterocycles. The molecule has 0 saturated carbocycles. The minimum absolute atomic E-state index is 0.0333. The molecule has 2 atom stereocenters. The van der Waals surface area contributed by atoms with Crippen LogP contribution in [-0.2, 0) is 66.8 Å². The molecular weight excluding hydrogens is 788 g/mol. The number of nitrogens with zero attached hydrogens (tertiary/aromatic N) is 2. The number of amides is 2. The molecule has 342 valence electrons. The highest BCUT2D eigenvalue weighted by Gasteiger charge is 2.36. The van der Waals surface area contributed by atoms with Gasteiger partial charge in [-0.15, -0.1) is 0 Å². The Morgan fingerprint density at radius 2 is 0.683 bits per heavy atom. The third-order valence-corrected chi connectivity index (χ3v) is 10.3.